The van der Waals surface area contributed by atoms with Crippen LogP contribution in [0.25, 0.3) is 0 Å². The summed E-state index contributed by atoms with van der Waals surface area (Å²) in [5, 5.41) is -0.801. The molecule has 0 aromatic heterocycles. The maximum atomic E-state index is 13.2. The second kappa shape index (κ2) is 8.46. The molecular weight excluding hydrogens is 407 g/mol. The summed E-state index contributed by atoms with van der Waals surface area (Å²) in [5.41, 5.74) is 0. The van der Waals surface area contributed by atoms with Gasteiger partial charge in [-0.3, -0.25) is 4.79 Å². The lowest BCUT2D eigenvalue weighted by Crippen LogP contribution is -2.59. The van der Waals surface area contributed by atoms with Crippen LogP contribution in [0, 0.1) is 5.82 Å². The van der Waals surface area contributed by atoms with Gasteiger partial charge in [-0.25, -0.2) is 25.9 Å². The minimum atomic E-state index is -3.90. The van der Waals surface area contributed by atoms with Gasteiger partial charge in [-0.2, -0.15) is 0 Å². The molecule has 0 unspecified atom stereocenters. The van der Waals surface area contributed by atoms with Crippen LogP contribution in [0.3, 0.4) is 0 Å². The average molecular weight is 433 g/mol. The highest BCUT2D eigenvalue weighted by Gasteiger charge is 2.43. The van der Waals surface area contributed by atoms with Crippen LogP contribution in [0.4, 0.5) is 4.39 Å². The highest BCUT2D eigenvalue weighted by Crippen LogP contribution is 2.29. The first-order chi connectivity index (χ1) is 13.2. The first kappa shape index (κ1) is 21.2. The van der Waals surface area contributed by atoms with E-state index in [1.54, 1.807) is 0 Å². The van der Waals surface area contributed by atoms with E-state index in [4.69, 9.17) is 0 Å². The van der Waals surface area contributed by atoms with Crippen LogP contribution in [0.5, 0.6) is 0 Å². The molecule has 1 aromatic carbocycles. The Hall–Kier alpha value is -1.52. The second-order valence-corrected chi connectivity index (χ2v) is 11.7. The fraction of sp³-hybridized carbons (Fsp3) is 0.611. The van der Waals surface area contributed by atoms with E-state index in [2.05, 4.69) is 4.72 Å². The topological polar surface area (TPSA) is 101 Å². The highest BCUT2D eigenvalue weighted by atomic mass is 32.2. The maximum Gasteiger partial charge on any atom is 0.240 e. The molecule has 10 heteroatoms. The quantitative estimate of drug-likeness (QED) is 0.703. The number of carbonyl (C=O) groups excluding carboxylic acids is 1. The Bertz CT molecular complexity index is 921. The standard InChI is InChI=1S/C18H25FN2O5S2/c19-14-5-4-8-16(11-14)28(25,26)20-10-9-18(22)21-12-17(13-21)27(23,24)15-6-2-1-3-7-15/h4-5,8,11,15,17,20H,1-3,6-7,9-10,12-13H2. The molecule has 0 radical (unpaired) electrons. The number of rotatable bonds is 7. The zero-order valence-corrected chi connectivity index (χ0v) is 17.1. The molecule has 2 fully saturated rings. The van der Waals surface area contributed by atoms with Crippen molar-refractivity contribution in [3.63, 3.8) is 0 Å². The van der Waals surface area contributed by atoms with E-state index in [0.717, 1.165) is 31.4 Å². The molecule has 1 saturated carbocycles. The van der Waals surface area contributed by atoms with Crippen LogP contribution in [-0.4, -0.2) is 57.8 Å². The van der Waals surface area contributed by atoms with Crippen LogP contribution < -0.4 is 4.72 Å². The van der Waals surface area contributed by atoms with Crippen molar-refractivity contribution in [1.29, 1.82) is 0 Å². The molecule has 1 aliphatic carbocycles. The summed E-state index contributed by atoms with van der Waals surface area (Å²) < 4.78 is 64.8. The summed E-state index contributed by atoms with van der Waals surface area (Å²) in [4.78, 5) is 13.4. The van der Waals surface area contributed by atoms with Crippen molar-refractivity contribution in [2.45, 2.75) is 53.9 Å². The molecule has 1 aliphatic heterocycles. The Morgan fingerprint density at radius 1 is 1.07 bits per heavy atom. The van der Waals surface area contributed by atoms with Gasteiger partial charge in [-0.05, 0) is 31.0 Å². The second-order valence-electron chi connectivity index (χ2n) is 7.37. The number of amides is 1. The van der Waals surface area contributed by atoms with Gasteiger partial charge in [0.1, 0.15) is 5.82 Å². The fourth-order valence-corrected chi connectivity index (χ4v) is 7.06. The SMILES string of the molecule is O=C(CCNS(=O)(=O)c1cccc(F)c1)N1CC(S(=O)(=O)C2CCCCC2)C1. The largest absolute Gasteiger partial charge is 0.340 e. The zero-order chi connectivity index (χ0) is 20.4. The number of hydrogen-bond donors (Lipinski definition) is 1. The van der Waals surface area contributed by atoms with Crippen LogP contribution in [0.1, 0.15) is 38.5 Å². The Morgan fingerprint density at radius 2 is 1.75 bits per heavy atom. The van der Waals surface area contributed by atoms with Crippen molar-refractivity contribution in [2.75, 3.05) is 19.6 Å². The van der Waals surface area contributed by atoms with E-state index >= 15 is 0 Å². The highest BCUT2D eigenvalue weighted by molar-refractivity contribution is 7.92. The van der Waals surface area contributed by atoms with Crippen molar-refractivity contribution in [2.24, 2.45) is 0 Å². The number of nitrogens with one attached hydrogen (secondary N) is 1. The van der Waals surface area contributed by atoms with Gasteiger partial charge < -0.3 is 4.90 Å². The number of nitrogens with zero attached hydrogens (tertiary/aromatic N) is 1. The van der Waals surface area contributed by atoms with Gasteiger partial charge in [0.05, 0.1) is 15.4 Å². The summed E-state index contributed by atoms with van der Waals surface area (Å²) in [7, 11) is -7.11. The van der Waals surface area contributed by atoms with Crippen LogP contribution in [0.15, 0.2) is 29.2 Å². The molecular formula is C18H25FN2O5S2. The van der Waals surface area contributed by atoms with Crippen LogP contribution in [-0.2, 0) is 24.7 Å². The molecule has 1 amide bonds. The lowest BCUT2D eigenvalue weighted by molar-refractivity contribution is -0.134. The molecule has 28 heavy (non-hydrogen) atoms. The predicted molar refractivity (Wildman–Crippen MR) is 102 cm³/mol. The first-order valence-corrected chi connectivity index (χ1v) is 12.5. The number of benzene rings is 1. The zero-order valence-electron chi connectivity index (χ0n) is 15.5. The summed E-state index contributed by atoms with van der Waals surface area (Å²) in [6, 6.07) is 4.61. The van der Waals surface area contributed by atoms with Gasteiger partial charge >= 0.3 is 0 Å². The monoisotopic (exact) mass is 432 g/mol. The van der Waals surface area contributed by atoms with Crippen molar-refractivity contribution in [3.8, 4) is 0 Å². The van der Waals surface area contributed by atoms with Crippen LogP contribution >= 0.6 is 0 Å². The van der Waals surface area contributed by atoms with Gasteiger partial charge in [-0.1, -0.05) is 25.3 Å². The number of sulfonamides is 1. The smallest absolute Gasteiger partial charge is 0.240 e. The number of sulfone groups is 1. The summed E-state index contributed by atoms with van der Waals surface area (Å²) in [5.74, 6) is -0.957. The first-order valence-electron chi connectivity index (χ1n) is 9.46. The molecule has 0 bridgehead atoms. The summed E-state index contributed by atoms with van der Waals surface area (Å²) >= 11 is 0. The summed E-state index contributed by atoms with van der Waals surface area (Å²) in [6.45, 7) is 0.219. The Balaban J connectivity index is 1.45. The third-order valence-electron chi connectivity index (χ3n) is 5.42. The Labute approximate surface area is 165 Å². The maximum absolute atomic E-state index is 13.2. The number of hydrogen-bond acceptors (Lipinski definition) is 5. The molecule has 1 aromatic rings. The van der Waals surface area contributed by atoms with Gasteiger partial charge in [-0.15, -0.1) is 0 Å². The molecule has 156 valence electrons. The third-order valence-corrected chi connectivity index (χ3v) is 9.51. The van der Waals surface area contributed by atoms with E-state index in [1.807, 2.05) is 0 Å². The summed E-state index contributed by atoms with van der Waals surface area (Å²) in [6.07, 6.45) is 4.27. The molecule has 3 rings (SSSR count). The predicted octanol–water partition coefficient (Wildman–Crippen LogP) is 1.45. The van der Waals surface area contributed by atoms with Gasteiger partial charge in [0.25, 0.3) is 0 Å². The number of likely N-dealkylation sites (tertiary alicyclic amines) is 1. The van der Waals surface area contributed by atoms with E-state index < -0.39 is 30.9 Å². The molecule has 2 aliphatic rings. The molecule has 0 spiro atoms. The van der Waals surface area contributed by atoms with Crippen LogP contribution in [0.2, 0.25) is 0 Å². The fourth-order valence-electron chi connectivity index (χ4n) is 3.68. The molecule has 1 N–H and O–H groups in total. The van der Waals surface area contributed by atoms with E-state index in [9.17, 15) is 26.0 Å². The number of halogens is 1. The Kier molecular flexibility index (Phi) is 6.41. The van der Waals surface area contributed by atoms with Gasteiger partial charge in [0.2, 0.25) is 15.9 Å². The molecule has 1 heterocycles. The third kappa shape index (κ3) is 4.72. The lowest BCUT2D eigenvalue weighted by atomic mass is 10.0. The van der Waals surface area contributed by atoms with E-state index in [0.29, 0.717) is 12.8 Å². The van der Waals surface area contributed by atoms with Gasteiger partial charge in [0, 0.05) is 26.1 Å². The lowest BCUT2D eigenvalue weighted by Gasteiger charge is -2.41. The minimum absolute atomic E-state index is 0.0786. The van der Waals surface area contributed by atoms with E-state index in [1.165, 1.54) is 17.0 Å². The average Bonchev–Trinajstić information content (AvgIpc) is 2.61. The minimum Gasteiger partial charge on any atom is -0.340 e. The van der Waals surface area contributed by atoms with E-state index in [-0.39, 0.29) is 42.1 Å². The van der Waals surface area contributed by atoms with Gasteiger partial charge in [0.15, 0.2) is 9.84 Å². The normalized spacial score (nSPS) is 19.4. The van der Waals surface area contributed by atoms with Crippen molar-refractivity contribution in [3.05, 3.63) is 30.1 Å². The van der Waals surface area contributed by atoms with Crippen molar-refractivity contribution in [1.82, 2.24) is 9.62 Å². The molecule has 1 saturated heterocycles. The Morgan fingerprint density at radius 3 is 2.39 bits per heavy atom. The molecule has 7 nitrogen and oxygen atoms in total. The van der Waals surface area contributed by atoms with Crippen molar-refractivity contribution < 1.29 is 26.0 Å². The molecule has 0 atom stereocenters. The van der Waals surface area contributed by atoms with Crippen molar-refractivity contribution >= 4 is 25.8 Å². The number of carbonyl (C=O) groups is 1.